The molecule has 1 fully saturated rings. The zero-order chi connectivity index (χ0) is 23.9. The van der Waals surface area contributed by atoms with Gasteiger partial charge < -0.3 is 18.9 Å². The van der Waals surface area contributed by atoms with Crippen molar-refractivity contribution in [2.45, 2.75) is 0 Å². The Labute approximate surface area is 208 Å². The Balaban J connectivity index is 1.39. The second kappa shape index (κ2) is 11.1. The summed E-state index contributed by atoms with van der Waals surface area (Å²) in [5.41, 5.74) is 1.57. The Hall–Kier alpha value is -3.49. The van der Waals surface area contributed by atoms with Gasteiger partial charge in [-0.3, -0.25) is 9.69 Å². The number of para-hydroxylation sites is 1. The molecule has 0 aliphatic carbocycles. The quantitative estimate of drug-likeness (QED) is 0.219. The highest BCUT2D eigenvalue weighted by atomic mass is 32.2. The zero-order valence-electron chi connectivity index (χ0n) is 18.7. The number of carbonyl (C=O) groups is 1. The molecule has 34 heavy (non-hydrogen) atoms. The highest BCUT2D eigenvalue weighted by Crippen LogP contribution is 2.37. The summed E-state index contributed by atoms with van der Waals surface area (Å²) >= 11 is 6.71. The SMILES string of the molecule is COc1ccc(OCCOc2ccc(C=C3SC(=S)N(c4ccccc4)C3=O)cc2OC)cc1. The van der Waals surface area contributed by atoms with E-state index in [0.717, 1.165) is 22.7 Å². The van der Waals surface area contributed by atoms with Crippen LogP contribution in [-0.2, 0) is 4.79 Å². The van der Waals surface area contributed by atoms with Gasteiger partial charge in [-0.05, 0) is 60.2 Å². The van der Waals surface area contributed by atoms with Gasteiger partial charge >= 0.3 is 0 Å². The monoisotopic (exact) mass is 493 g/mol. The average molecular weight is 494 g/mol. The molecule has 8 heteroatoms. The molecule has 1 saturated heterocycles. The summed E-state index contributed by atoms with van der Waals surface area (Å²) in [4.78, 5) is 15.0. The Bertz CT molecular complexity index is 1200. The predicted octanol–water partition coefficient (Wildman–Crippen LogP) is 5.57. The molecule has 3 aromatic carbocycles. The maximum absolute atomic E-state index is 12.9. The van der Waals surface area contributed by atoms with Crippen LogP contribution in [0, 0.1) is 0 Å². The molecule has 1 heterocycles. The predicted molar refractivity (Wildman–Crippen MR) is 139 cm³/mol. The molecule has 6 nitrogen and oxygen atoms in total. The Morgan fingerprint density at radius 3 is 2.26 bits per heavy atom. The van der Waals surface area contributed by atoms with Crippen LogP contribution in [0.4, 0.5) is 5.69 Å². The van der Waals surface area contributed by atoms with E-state index in [0.29, 0.717) is 33.9 Å². The van der Waals surface area contributed by atoms with Crippen molar-refractivity contribution in [3.05, 3.63) is 83.3 Å². The van der Waals surface area contributed by atoms with E-state index in [2.05, 4.69) is 0 Å². The van der Waals surface area contributed by atoms with Crippen molar-refractivity contribution in [3.8, 4) is 23.0 Å². The number of amides is 1. The first kappa shape index (κ1) is 23.7. The van der Waals surface area contributed by atoms with Crippen molar-refractivity contribution in [2.75, 3.05) is 32.3 Å². The van der Waals surface area contributed by atoms with Crippen LogP contribution in [0.5, 0.6) is 23.0 Å². The number of nitrogens with zero attached hydrogens (tertiary/aromatic N) is 1. The third-order valence-corrected chi connectivity index (χ3v) is 6.26. The smallest absolute Gasteiger partial charge is 0.270 e. The van der Waals surface area contributed by atoms with Crippen molar-refractivity contribution in [2.24, 2.45) is 0 Å². The zero-order valence-corrected chi connectivity index (χ0v) is 20.4. The van der Waals surface area contributed by atoms with Gasteiger partial charge in [-0.1, -0.05) is 48.2 Å². The topological polar surface area (TPSA) is 57.2 Å². The molecule has 0 bridgehead atoms. The van der Waals surface area contributed by atoms with Crippen LogP contribution >= 0.6 is 24.0 Å². The largest absolute Gasteiger partial charge is 0.497 e. The first-order valence-corrected chi connectivity index (χ1v) is 11.7. The third kappa shape index (κ3) is 5.52. The molecule has 0 spiro atoms. The lowest BCUT2D eigenvalue weighted by Gasteiger charge is -2.14. The van der Waals surface area contributed by atoms with Crippen LogP contribution in [0.2, 0.25) is 0 Å². The Morgan fingerprint density at radius 2 is 1.56 bits per heavy atom. The second-order valence-electron chi connectivity index (χ2n) is 7.14. The summed E-state index contributed by atoms with van der Waals surface area (Å²) in [6.07, 6.45) is 1.81. The number of carbonyl (C=O) groups excluding carboxylic acids is 1. The molecular weight excluding hydrogens is 470 g/mol. The molecule has 0 radical (unpaired) electrons. The normalized spacial score (nSPS) is 14.4. The van der Waals surface area contributed by atoms with Crippen LogP contribution in [-0.4, -0.2) is 37.7 Å². The summed E-state index contributed by atoms with van der Waals surface area (Å²) in [6.45, 7) is 0.719. The average Bonchev–Trinajstić information content (AvgIpc) is 3.15. The number of thiocarbonyl (C=S) groups is 1. The van der Waals surface area contributed by atoms with Crippen molar-refractivity contribution in [1.82, 2.24) is 0 Å². The molecule has 0 aromatic heterocycles. The van der Waals surface area contributed by atoms with E-state index in [-0.39, 0.29) is 5.91 Å². The van der Waals surface area contributed by atoms with Gasteiger partial charge in [0.2, 0.25) is 0 Å². The Morgan fingerprint density at radius 1 is 0.853 bits per heavy atom. The number of ether oxygens (including phenoxy) is 4. The van der Waals surface area contributed by atoms with Crippen molar-refractivity contribution in [3.63, 3.8) is 0 Å². The summed E-state index contributed by atoms with van der Waals surface area (Å²) in [6, 6.07) is 22.3. The van der Waals surface area contributed by atoms with Gasteiger partial charge in [0, 0.05) is 0 Å². The van der Waals surface area contributed by atoms with E-state index < -0.39 is 0 Å². The van der Waals surface area contributed by atoms with Gasteiger partial charge in [0.1, 0.15) is 24.7 Å². The number of methoxy groups -OCH3 is 2. The molecular formula is C26H23NO5S2. The van der Waals surface area contributed by atoms with Gasteiger partial charge in [0.15, 0.2) is 15.8 Å². The molecule has 3 aromatic rings. The molecule has 0 saturated carbocycles. The van der Waals surface area contributed by atoms with E-state index in [1.807, 2.05) is 72.8 Å². The van der Waals surface area contributed by atoms with E-state index in [1.54, 1.807) is 25.2 Å². The van der Waals surface area contributed by atoms with E-state index in [1.165, 1.54) is 11.8 Å². The minimum Gasteiger partial charge on any atom is -0.497 e. The van der Waals surface area contributed by atoms with E-state index in [4.69, 9.17) is 31.2 Å². The number of rotatable bonds is 9. The lowest BCUT2D eigenvalue weighted by molar-refractivity contribution is -0.113. The number of hydrogen-bond acceptors (Lipinski definition) is 7. The van der Waals surface area contributed by atoms with E-state index in [9.17, 15) is 4.79 Å². The highest BCUT2D eigenvalue weighted by Gasteiger charge is 2.33. The van der Waals surface area contributed by atoms with Gasteiger partial charge in [-0.2, -0.15) is 0 Å². The van der Waals surface area contributed by atoms with Gasteiger partial charge in [0.25, 0.3) is 5.91 Å². The standard InChI is InChI=1S/C26H23NO5S2/c1-29-20-9-11-21(12-10-20)31-14-15-32-22-13-8-18(16-23(22)30-2)17-24-25(28)27(26(33)34-24)19-6-4-3-5-7-19/h3-13,16-17H,14-15H2,1-2H3. The van der Waals surface area contributed by atoms with Crippen LogP contribution < -0.4 is 23.8 Å². The van der Waals surface area contributed by atoms with Crippen molar-refractivity contribution in [1.29, 1.82) is 0 Å². The molecule has 1 aliphatic heterocycles. The number of benzene rings is 3. The molecule has 0 atom stereocenters. The highest BCUT2D eigenvalue weighted by molar-refractivity contribution is 8.27. The molecule has 4 rings (SSSR count). The summed E-state index contributed by atoms with van der Waals surface area (Å²) < 4.78 is 22.7. The van der Waals surface area contributed by atoms with Gasteiger partial charge in [-0.15, -0.1) is 0 Å². The van der Waals surface area contributed by atoms with Crippen molar-refractivity contribution >= 4 is 46.0 Å². The molecule has 0 N–H and O–H groups in total. The molecule has 1 amide bonds. The molecule has 1 aliphatic rings. The van der Waals surface area contributed by atoms with E-state index >= 15 is 0 Å². The maximum Gasteiger partial charge on any atom is 0.270 e. The molecule has 0 unspecified atom stereocenters. The first-order valence-electron chi connectivity index (χ1n) is 10.5. The number of hydrogen-bond donors (Lipinski definition) is 0. The number of thioether (sulfide) groups is 1. The first-order chi connectivity index (χ1) is 16.6. The fraction of sp³-hybridized carbons (Fsp3) is 0.154. The van der Waals surface area contributed by atoms with Gasteiger partial charge in [-0.25, -0.2) is 0 Å². The Kier molecular flexibility index (Phi) is 7.72. The summed E-state index contributed by atoms with van der Waals surface area (Å²) in [5.74, 6) is 2.53. The lowest BCUT2D eigenvalue weighted by atomic mass is 10.2. The fourth-order valence-corrected chi connectivity index (χ4v) is 4.59. The number of anilines is 1. The minimum atomic E-state index is -0.142. The summed E-state index contributed by atoms with van der Waals surface area (Å²) in [5, 5.41) is 0. The fourth-order valence-electron chi connectivity index (χ4n) is 3.30. The minimum absolute atomic E-state index is 0.142. The molecule has 174 valence electrons. The van der Waals surface area contributed by atoms with Crippen molar-refractivity contribution < 1.29 is 23.7 Å². The summed E-state index contributed by atoms with van der Waals surface area (Å²) in [7, 11) is 3.20. The third-order valence-electron chi connectivity index (χ3n) is 4.96. The van der Waals surface area contributed by atoms with Crippen LogP contribution in [0.3, 0.4) is 0 Å². The lowest BCUT2D eigenvalue weighted by Crippen LogP contribution is -2.27. The maximum atomic E-state index is 12.9. The van der Waals surface area contributed by atoms with Crippen LogP contribution in [0.15, 0.2) is 77.7 Å². The second-order valence-corrected chi connectivity index (χ2v) is 8.81. The van der Waals surface area contributed by atoms with Gasteiger partial charge in [0.05, 0.1) is 24.8 Å². The van der Waals surface area contributed by atoms with Crippen LogP contribution in [0.1, 0.15) is 5.56 Å². The van der Waals surface area contributed by atoms with Crippen LogP contribution in [0.25, 0.3) is 6.08 Å².